The number of nitrogens with zero attached hydrogens (tertiary/aromatic N) is 4. The van der Waals surface area contributed by atoms with E-state index in [4.69, 9.17) is 49.8 Å². The largest absolute Gasteiger partial charge is 0.488 e. The Morgan fingerprint density at radius 2 is 1.97 bits per heavy atom. The van der Waals surface area contributed by atoms with Crippen LogP contribution in [0.1, 0.15) is 11.3 Å². The minimum atomic E-state index is -0.715. The van der Waals surface area contributed by atoms with Gasteiger partial charge in [0.05, 0.1) is 34.5 Å². The summed E-state index contributed by atoms with van der Waals surface area (Å²) in [7, 11) is 0. The lowest BCUT2D eigenvalue weighted by Gasteiger charge is -2.14. The topological polar surface area (TPSA) is 123 Å². The van der Waals surface area contributed by atoms with E-state index in [2.05, 4.69) is 20.9 Å². The Labute approximate surface area is 225 Å². The SMILES string of the molecule is [C-]#[N+]c1c(N)nc(SCc2coc(-c3ccc(Cl)c(Cl)c3)n2)c(C#N)c1-c1ccc(OCCO)c(F)c1. The normalized spacial score (nSPS) is 10.6. The van der Waals surface area contributed by atoms with Crippen molar-refractivity contribution < 1.29 is 18.7 Å². The number of anilines is 1. The number of nitriles is 1. The zero-order chi connectivity index (χ0) is 26.5. The molecule has 0 amide bonds. The van der Waals surface area contributed by atoms with Crippen LogP contribution in [0.2, 0.25) is 10.0 Å². The summed E-state index contributed by atoms with van der Waals surface area (Å²) in [6.07, 6.45) is 1.47. The molecule has 0 atom stereocenters. The smallest absolute Gasteiger partial charge is 0.236 e. The maximum absolute atomic E-state index is 14.6. The fraction of sp³-hybridized carbons (Fsp3) is 0.120. The van der Waals surface area contributed by atoms with Gasteiger partial charge in [0.1, 0.15) is 29.8 Å². The zero-order valence-electron chi connectivity index (χ0n) is 18.8. The van der Waals surface area contributed by atoms with Crippen LogP contribution in [0.4, 0.5) is 15.9 Å². The van der Waals surface area contributed by atoms with Gasteiger partial charge in [-0.1, -0.05) is 41.0 Å². The Kier molecular flexibility index (Phi) is 8.17. The minimum Gasteiger partial charge on any atom is -0.488 e. The highest BCUT2D eigenvalue weighted by Gasteiger charge is 2.22. The number of halogens is 3. The minimum absolute atomic E-state index is 0.0623. The number of pyridine rings is 1. The second-order valence-corrected chi connectivity index (χ2v) is 9.18. The van der Waals surface area contributed by atoms with Crippen molar-refractivity contribution in [2.45, 2.75) is 10.8 Å². The summed E-state index contributed by atoms with van der Waals surface area (Å²) < 4.78 is 25.3. The summed E-state index contributed by atoms with van der Waals surface area (Å²) in [6, 6.07) is 11.1. The van der Waals surface area contributed by atoms with Crippen molar-refractivity contribution in [3.05, 3.63) is 81.2 Å². The van der Waals surface area contributed by atoms with E-state index in [9.17, 15) is 9.65 Å². The molecule has 4 aromatic rings. The number of nitrogen functional groups attached to an aromatic ring is 1. The van der Waals surface area contributed by atoms with Crippen molar-refractivity contribution >= 4 is 46.5 Å². The summed E-state index contributed by atoms with van der Waals surface area (Å²) in [5.41, 5.74) is 7.68. The number of ether oxygens (including phenoxy) is 1. The van der Waals surface area contributed by atoms with Crippen molar-refractivity contribution in [1.29, 1.82) is 5.26 Å². The molecule has 4 rings (SSSR count). The lowest BCUT2D eigenvalue weighted by atomic mass is 9.99. The van der Waals surface area contributed by atoms with Crippen LogP contribution >= 0.6 is 35.0 Å². The lowest BCUT2D eigenvalue weighted by Crippen LogP contribution is -2.03. The summed E-state index contributed by atoms with van der Waals surface area (Å²) in [4.78, 5) is 12.1. The van der Waals surface area contributed by atoms with Crippen LogP contribution in [0.15, 0.2) is 52.1 Å². The number of benzene rings is 2. The molecule has 0 aliphatic heterocycles. The molecule has 0 saturated heterocycles. The first-order valence-electron chi connectivity index (χ1n) is 10.5. The highest BCUT2D eigenvalue weighted by Crippen LogP contribution is 2.42. The number of aliphatic hydroxyl groups excluding tert-OH is 1. The molecule has 0 spiro atoms. The Balaban J connectivity index is 1.66. The Bertz CT molecular complexity index is 1570. The average Bonchev–Trinajstić information content (AvgIpc) is 3.37. The van der Waals surface area contributed by atoms with Crippen LogP contribution < -0.4 is 10.5 Å². The number of rotatable bonds is 8. The maximum atomic E-state index is 14.6. The van der Waals surface area contributed by atoms with E-state index in [0.29, 0.717) is 27.2 Å². The predicted octanol–water partition coefficient (Wildman–Crippen LogP) is 6.52. The highest BCUT2D eigenvalue weighted by atomic mass is 35.5. The predicted molar refractivity (Wildman–Crippen MR) is 139 cm³/mol. The quantitative estimate of drug-likeness (QED) is 0.186. The summed E-state index contributed by atoms with van der Waals surface area (Å²) >= 11 is 13.2. The van der Waals surface area contributed by atoms with Crippen LogP contribution in [-0.2, 0) is 5.75 Å². The van der Waals surface area contributed by atoms with E-state index in [1.807, 2.05) is 0 Å². The van der Waals surface area contributed by atoms with Gasteiger partial charge in [0.25, 0.3) is 0 Å². The van der Waals surface area contributed by atoms with Gasteiger partial charge in [-0.2, -0.15) is 5.26 Å². The van der Waals surface area contributed by atoms with E-state index >= 15 is 0 Å². The second-order valence-electron chi connectivity index (χ2n) is 7.40. The first-order chi connectivity index (χ1) is 17.9. The number of thioether (sulfide) groups is 1. The molecule has 2 aromatic heterocycles. The average molecular weight is 556 g/mol. The van der Waals surface area contributed by atoms with E-state index in [0.717, 1.165) is 6.07 Å². The molecule has 0 aliphatic rings. The highest BCUT2D eigenvalue weighted by molar-refractivity contribution is 7.98. The van der Waals surface area contributed by atoms with Crippen molar-refractivity contribution in [3.63, 3.8) is 0 Å². The van der Waals surface area contributed by atoms with Crippen molar-refractivity contribution in [2.24, 2.45) is 0 Å². The molecule has 12 heteroatoms. The Hall–Kier alpha value is -3.80. The number of aliphatic hydroxyl groups is 1. The zero-order valence-corrected chi connectivity index (χ0v) is 21.2. The van der Waals surface area contributed by atoms with Crippen molar-refractivity contribution in [1.82, 2.24) is 9.97 Å². The first-order valence-corrected chi connectivity index (χ1v) is 12.3. The van der Waals surface area contributed by atoms with Gasteiger partial charge in [-0.05, 0) is 35.9 Å². The molecule has 8 nitrogen and oxygen atoms in total. The van der Waals surface area contributed by atoms with Crippen molar-refractivity contribution in [3.8, 4) is 34.4 Å². The molecule has 37 heavy (non-hydrogen) atoms. The van der Waals surface area contributed by atoms with E-state index in [1.54, 1.807) is 18.2 Å². The molecule has 2 aromatic carbocycles. The fourth-order valence-electron chi connectivity index (χ4n) is 3.38. The third-order valence-corrected chi connectivity index (χ3v) is 6.78. The molecule has 0 aliphatic carbocycles. The molecule has 186 valence electrons. The number of hydrogen-bond acceptors (Lipinski definition) is 8. The van der Waals surface area contributed by atoms with Crippen LogP contribution in [0.5, 0.6) is 5.75 Å². The lowest BCUT2D eigenvalue weighted by molar-refractivity contribution is 0.196. The van der Waals surface area contributed by atoms with E-state index in [1.165, 1.54) is 30.2 Å². The molecule has 2 heterocycles. The summed E-state index contributed by atoms with van der Waals surface area (Å²) in [6.45, 7) is 7.20. The fourth-order valence-corrected chi connectivity index (χ4v) is 4.55. The van der Waals surface area contributed by atoms with Crippen molar-refractivity contribution in [2.75, 3.05) is 18.9 Å². The third kappa shape index (κ3) is 5.63. The molecule has 0 radical (unpaired) electrons. The monoisotopic (exact) mass is 555 g/mol. The van der Waals surface area contributed by atoms with Gasteiger partial charge >= 0.3 is 0 Å². The molecular weight excluding hydrogens is 540 g/mol. The van der Waals surface area contributed by atoms with Gasteiger partial charge in [-0.25, -0.2) is 19.2 Å². The molecule has 0 unspecified atom stereocenters. The summed E-state index contributed by atoms with van der Waals surface area (Å²) in [5, 5.41) is 19.9. The van der Waals surface area contributed by atoms with E-state index in [-0.39, 0.29) is 57.9 Å². The summed E-state index contributed by atoms with van der Waals surface area (Å²) in [5.74, 6) is -0.270. The molecule has 0 fully saturated rings. The van der Waals surface area contributed by atoms with Gasteiger partial charge < -0.3 is 20.0 Å². The molecular formula is C25H16Cl2FN5O3S. The Morgan fingerprint density at radius 3 is 2.65 bits per heavy atom. The van der Waals surface area contributed by atoms with Crippen LogP contribution in [-0.4, -0.2) is 28.3 Å². The second kappa shape index (κ2) is 11.5. The van der Waals surface area contributed by atoms with Gasteiger partial charge in [-0.15, -0.1) is 0 Å². The molecule has 3 N–H and O–H groups in total. The number of aromatic nitrogens is 2. The van der Waals surface area contributed by atoms with E-state index < -0.39 is 5.82 Å². The third-order valence-electron chi connectivity index (χ3n) is 5.03. The number of oxazole rings is 1. The van der Waals surface area contributed by atoms with Gasteiger partial charge in [0.2, 0.25) is 11.6 Å². The number of nitrogens with two attached hydrogens (primary N) is 1. The Morgan fingerprint density at radius 1 is 1.19 bits per heavy atom. The maximum Gasteiger partial charge on any atom is 0.236 e. The van der Waals surface area contributed by atoms with Gasteiger partial charge in [0.15, 0.2) is 11.6 Å². The number of hydrogen-bond donors (Lipinski definition) is 2. The standard InChI is InChI=1S/C25H16Cl2FN5O3S/c1-31-22-21(13-3-5-20(19(28)9-13)35-7-6-34)16(10-29)25(33-23(22)30)37-12-15-11-36-24(32-15)14-2-4-17(26)18(27)8-14/h2-5,8-9,11,34H,6-7,12H2,(H2,30,33). The van der Waals surface area contributed by atoms with Crippen LogP contribution in [0.25, 0.3) is 27.4 Å². The first kappa shape index (κ1) is 26.3. The molecule has 0 saturated carbocycles. The van der Waals surface area contributed by atoms with Crippen LogP contribution in [0.3, 0.4) is 0 Å². The van der Waals surface area contributed by atoms with Gasteiger partial charge in [0, 0.05) is 16.9 Å². The van der Waals surface area contributed by atoms with Crippen LogP contribution in [0, 0.1) is 23.7 Å². The molecule has 0 bridgehead atoms. The van der Waals surface area contributed by atoms with Gasteiger partial charge in [-0.3, -0.25) is 0 Å².